The molecule has 2 rings (SSSR count). The van der Waals surface area contributed by atoms with Gasteiger partial charge in [0.25, 0.3) is 0 Å². The van der Waals surface area contributed by atoms with Crippen molar-refractivity contribution in [3.8, 4) is 0 Å². The average molecular weight is 250 g/mol. The van der Waals surface area contributed by atoms with Gasteiger partial charge in [0.15, 0.2) is 0 Å². The van der Waals surface area contributed by atoms with Crippen molar-refractivity contribution in [2.75, 3.05) is 5.73 Å². The topological polar surface area (TPSA) is 63.4 Å². The molecule has 2 N–H and O–H groups in total. The average Bonchev–Trinajstić information content (AvgIpc) is 2.50. The molecule has 1 aromatic carbocycles. The Kier molecular flexibility index (Phi) is 3.07. The molecule has 18 heavy (non-hydrogen) atoms. The number of hydrogen-bond donors (Lipinski definition) is 1. The highest BCUT2D eigenvalue weighted by molar-refractivity contribution is 6.04. The summed E-state index contributed by atoms with van der Waals surface area (Å²) in [4.78, 5) is 25.0. The summed E-state index contributed by atoms with van der Waals surface area (Å²) in [6.07, 6.45) is 0. The van der Waals surface area contributed by atoms with E-state index >= 15 is 0 Å². The molecule has 0 bridgehead atoms. The SMILES string of the molecule is CC1C(=O)N(Cc2ccc(F)cc2N)C(=O)C1C. The third kappa shape index (κ3) is 1.96. The Morgan fingerprint density at radius 3 is 2.28 bits per heavy atom. The molecule has 1 aromatic rings. The van der Waals surface area contributed by atoms with Crippen molar-refractivity contribution in [3.63, 3.8) is 0 Å². The zero-order chi connectivity index (χ0) is 13.4. The molecule has 2 unspecified atom stereocenters. The first-order valence-electron chi connectivity index (χ1n) is 5.81. The normalized spacial score (nSPS) is 23.8. The van der Waals surface area contributed by atoms with Crippen LogP contribution >= 0.6 is 0 Å². The van der Waals surface area contributed by atoms with E-state index in [-0.39, 0.29) is 35.9 Å². The number of carbonyl (C=O) groups excluding carboxylic acids is 2. The summed E-state index contributed by atoms with van der Waals surface area (Å²) in [7, 11) is 0. The van der Waals surface area contributed by atoms with E-state index in [1.807, 2.05) is 0 Å². The number of likely N-dealkylation sites (tertiary alicyclic amines) is 1. The van der Waals surface area contributed by atoms with Gasteiger partial charge in [0.05, 0.1) is 6.54 Å². The Balaban J connectivity index is 2.24. The molecule has 96 valence electrons. The summed E-state index contributed by atoms with van der Waals surface area (Å²) in [5, 5.41) is 0. The summed E-state index contributed by atoms with van der Waals surface area (Å²) in [6.45, 7) is 3.58. The lowest BCUT2D eigenvalue weighted by molar-refractivity contribution is -0.140. The van der Waals surface area contributed by atoms with Crippen molar-refractivity contribution in [3.05, 3.63) is 29.6 Å². The molecular formula is C13H15FN2O2. The van der Waals surface area contributed by atoms with E-state index in [2.05, 4.69) is 0 Å². The maximum atomic E-state index is 12.9. The minimum Gasteiger partial charge on any atom is -0.398 e. The number of halogens is 1. The van der Waals surface area contributed by atoms with Gasteiger partial charge >= 0.3 is 0 Å². The molecule has 2 amide bonds. The fraction of sp³-hybridized carbons (Fsp3) is 0.385. The van der Waals surface area contributed by atoms with Gasteiger partial charge in [-0.3, -0.25) is 14.5 Å². The third-order valence-electron chi connectivity index (χ3n) is 3.50. The number of nitrogens with zero attached hydrogens (tertiary/aromatic N) is 1. The van der Waals surface area contributed by atoms with Gasteiger partial charge in [-0.1, -0.05) is 19.9 Å². The molecule has 0 radical (unpaired) electrons. The lowest BCUT2D eigenvalue weighted by atomic mass is 10.00. The van der Waals surface area contributed by atoms with Crippen LogP contribution in [-0.4, -0.2) is 16.7 Å². The second-order valence-electron chi connectivity index (χ2n) is 4.68. The van der Waals surface area contributed by atoms with E-state index in [1.54, 1.807) is 13.8 Å². The van der Waals surface area contributed by atoms with Crippen LogP contribution in [0, 0.1) is 17.7 Å². The Hall–Kier alpha value is -1.91. The first-order chi connectivity index (χ1) is 8.41. The molecule has 1 fully saturated rings. The lowest BCUT2D eigenvalue weighted by Gasteiger charge is -2.15. The minimum atomic E-state index is -0.433. The number of imide groups is 1. The number of rotatable bonds is 2. The van der Waals surface area contributed by atoms with E-state index in [4.69, 9.17) is 5.73 Å². The van der Waals surface area contributed by atoms with Crippen molar-refractivity contribution in [1.82, 2.24) is 4.90 Å². The zero-order valence-electron chi connectivity index (χ0n) is 10.3. The van der Waals surface area contributed by atoms with Gasteiger partial charge in [0, 0.05) is 17.5 Å². The van der Waals surface area contributed by atoms with Gasteiger partial charge < -0.3 is 5.73 Å². The van der Waals surface area contributed by atoms with Crippen LogP contribution in [0.4, 0.5) is 10.1 Å². The predicted molar refractivity (Wildman–Crippen MR) is 64.7 cm³/mol. The first kappa shape index (κ1) is 12.5. The van der Waals surface area contributed by atoms with Crippen LogP contribution < -0.4 is 5.73 Å². The highest BCUT2D eigenvalue weighted by Gasteiger charge is 2.42. The van der Waals surface area contributed by atoms with E-state index in [0.717, 1.165) is 0 Å². The number of benzene rings is 1. The fourth-order valence-electron chi connectivity index (χ4n) is 2.06. The molecule has 0 saturated carbocycles. The Morgan fingerprint density at radius 2 is 1.78 bits per heavy atom. The quantitative estimate of drug-likeness (QED) is 0.639. The van der Waals surface area contributed by atoms with Crippen LogP contribution in [0.25, 0.3) is 0 Å². The molecule has 1 aliphatic rings. The summed E-state index contributed by atoms with van der Waals surface area (Å²) >= 11 is 0. The number of anilines is 1. The molecule has 5 heteroatoms. The number of amides is 2. The Morgan fingerprint density at radius 1 is 1.22 bits per heavy atom. The van der Waals surface area contributed by atoms with Gasteiger partial charge in [-0.25, -0.2) is 4.39 Å². The Bertz CT molecular complexity index is 496. The van der Waals surface area contributed by atoms with Gasteiger partial charge in [0.2, 0.25) is 11.8 Å². The molecule has 0 aromatic heterocycles. The number of nitrogens with two attached hydrogens (primary N) is 1. The molecule has 2 atom stereocenters. The van der Waals surface area contributed by atoms with Crippen LogP contribution in [0.1, 0.15) is 19.4 Å². The molecule has 1 aliphatic heterocycles. The van der Waals surface area contributed by atoms with Crippen LogP contribution in [0.5, 0.6) is 0 Å². The summed E-state index contributed by atoms with van der Waals surface area (Å²) < 4.78 is 12.9. The molecule has 1 saturated heterocycles. The van der Waals surface area contributed by atoms with Crippen molar-refractivity contribution < 1.29 is 14.0 Å². The molecule has 4 nitrogen and oxygen atoms in total. The summed E-state index contributed by atoms with van der Waals surface area (Å²) in [5.74, 6) is -1.44. The Labute approximate surface area is 105 Å². The standard InChI is InChI=1S/C13H15FN2O2/c1-7-8(2)13(18)16(12(7)17)6-9-3-4-10(14)5-11(9)15/h3-5,7-8H,6,15H2,1-2H3. The van der Waals surface area contributed by atoms with E-state index in [9.17, 15) is 14.0 Å². The first-order valence-corrected chi connectivity index (χ1v) is 5.81. The second-order valence-corrected chi connectivity index (χ2v) is 4.68. The second kappa shape index (κ2) is 4.40. The molecule has 1 heterocycles. The molecular weight excluding hydrogens is 235 g/mol. The number of hydrogen-bond acceptors (Lipinski definition) is 3. The van der Waals surface area contributed by atoms with Gasteiger partial charge in [-0.15, -0.1) is 0 Å². The van der Waals surface area contributed by atoms with E-state index in [0.29, 0.717) is 5.56 Å². The molecule has 0 spiro atoms. The summed E-state index contributed by atoms with van der Waals surface area (Å²) in [5.41, 5.74) is 6.51. The van der Waals surface area contributed by atoms with Crippen LogP contribution in [0.3, 0.4) is 0 Å². The van der Waals surface area contributed by atoms with Gasteiger partial charge in [-0.2, -0.15) is 0 Å². The van der Waals surface area contributed by atoms with E-state index < -0.39 is 5.82 Å². The maximum absolute atomic E-state index is 12.9. The van der Waals surface area contributed by atoms with Crippen LogP contribution in [0.15, 0.2) is 18.2 Å². The van der Waals surface area contributed by atoms with Gasteiger partial charge in [0.1, 0.15) is 5.82 Å². The van der Waals surface area contributed by atoms with Crippen molar-refractivity contribution in [2.45, 2.75) is 20.4 Å². The van der Waals surface area contributed by atoms with E-state index in [1.165, 1.54) is 23.1 Å². The smallest absolute Gasteiger partial charge is 0.233 e. The van der Waals surface area contributed by atoms with Crippen molar-refractivity contribution in [2.24, 2.45) is 11.8 Å². The van der Waals surface area contributed by atoms with Crippen molar-refractivity contribution in [1.29, 1.82) is 0 Å². The minimum absolute atomic E-state index is 0.110. The van der Waals surface area contributed by atoms with Crippen LogP contribution in [0.2, 0.25) is 0 Å². The lowest BCUT2D eigenvalue weighted by Crippen LogP contribution is -2.30. The highest BCUT2D eigenvalue weighted by Crippen LogP contribution is 2.28. The van der Waals surface area contributed by atoms with Crippen molar-refractivity contribution >= 4 is 17.5 Å². The fourth-order valence-corrected chi connectivity index (χ4v) is 2.06. The molecule has 0 aliphatic carbocycles. The number of carbonyl (C=O) groups is 2. The zero-order valence-corrected chi connectivity index (χ0v) is 10.3. The monoisotopic (exact) mass is 250 g/mol. The maximum Gasteiger partial charge on any atom is 0.233 e. The van der Waals surface area contributed by atoms with Gasteiger partial charge in [-0.05, 0) is 17.7 Å². The predicted octanol–water partition coefficient (Wildman–Crippen LogP) is 1.55. The number of nitrogen functional groups attached to an aromatic ring is 1. The summed E-state index contributed by atoms with van der Waals surface area (Å²) in [6, 6.07) is 3.95. The largest absolute Gasteiger partial charge is 0.398 e. The highest BCUT2D eigenvalue weighted by atomic mass is 19.1. The third-order valence-corrected chi connectivity index (χ3v) is 3.50. The van der Waals surface area contributed by atoms with Crippen LogP contribution in [-0.2, 0) is 16.1 Å².